The lowest BCUT2D eigenvalue weighted by molar-refractivity contribution is -0.131. The lowest BCUT2D eigenvalue weighted by atomic mass is 9.96. The molecule has 1 aliphatic carbocycles. The fourth-order valence-corrected chi connectivity index (χ4v) is 7.66. The van der Waals surface area contributed by atoms with Gasteiger partial charge in [-0.15, -0.1) is 0 Å². The minimum Gasteiger partial charge on any atom is -0.359 e. The van der Waals surface area contributed by atoms with Gasteiger partial charge in [-0.1, -0.05) is 67.7 Å². The molecule has 0 radical (unpaired) electrons. The minimum atomic E-state index is -4.09. The quantitative estimate of drug-likeness (QED) is 0.226. The Hall–Kier alpha value is -4.19. The van der Waals surface area contributed by atoms with E-state index in [0.29, 0.717) is 29.0 Å². The number of anilines is 1. The molecule has 11 nitrogen and oxygen atoms in total. The molecule has 3 amide bonds. The number of rotatable bonds is 11. The second-order valence-corrected chi connectivity index (χ2v) is 15.8. The number of hydrogen-bond acceptors (Lipinski definition) is 7. The predicted octanol–water partition coefficient (Wildman–Crippen LogP) is 6.94. The van der Waals surface area contributed by atoms with Gasteiger partial charge in [-0.25, -0.2) is 13.2 Å². The predicted molar refractivity (Wildman–Crippen MR) is 187 cm³/mol. The van der Waals surface area contributed by atoms with Crippen LogP contribution in [0.2, 0.25) is 0 Å². The van der Waals surface area contributed by atoms with E-state index in [1.165, 1.54) is 0 Å². The highest BCUT2D eigenvalue weighted by Crippen LogP contribution is 2.40. The molecule has 2 aliphatic rings. The molecule has 12 heteroatoms. The van der Waals surface area contributed by atoms with Crippen LogP contribution >= 0.6 is 0 Å². The average molecular weight is 677 g/mol. The van der Waals surface area contributed by atoms with Gasteiger partial charge in [-0.3, -0.25) is 19.4 Å². The Balaban J connectivity index is 1.54. The molecule has 0 atom stereocenters. The van der Waals surface area contributed by atoms with Gasteiger partial charge in [0.15, 0.2) is 5.82 Å². The molecule has 2 aromatic carbocycles. The van der Waals surface area contributed by atoms with Gasteiger partial charge in [0.2, 0.25) is 0 Å². The molecule has 5 rings (SSSR count). The van der Waals surface area contributed by atoms with Crippen LogP contribution in [0.4, 0.5) is 10.6 Å². The van der Waals surface area contributed by atoms with E-state index in [4.69, 9.17) is 9.52 Å². The third-order valence-electron chi connectivity index (χ3n) is 9.08. The summed E-state index contributed by atoms with van der Waals surface area (Å²) in [6.45, 7) is 11.9. The van der Waals surface area contributed by atoms with Gasteiger partial charge in [0, 0.05) is 36.7 Å². The first-order valence-corrected chi connectivity index (χ1v) is 18.2. The van der Waals surface area contributed by atoms with E-state index in [1.807, 2.05) is 43.9 Å². The molecule has 0 bridgehead atoms. The first-order valence-electron chi connectivity index (χ1n) is 16.7. The van der Waals surface area contributed by atoms with Gasteiger partial charge >= 0.3 is 6.03 Å². The van der Waals surface area contributed by atoms with Crippen molar-refractivity contribution in [3.63, 3.8) is 0 Å². The molecule has 3 aromatic rings. The third kappa shape index (κ3) is 7.43. The van der Waals surface area contributed by atoms with Crippen molar-refractivity contribution < 1.29 is 22.5 Å². The maximum Gasteiger partial charge on any atom is 0.317 e. The molecule has 1 aromatic heterocycles. The van der Waals surface area contributed by atoms with Crippen molar-refractivity contribution in [2.24, 2.45) is 4.99 Å². The van der Waals surface area contributed by atoms with Crippen LogP contribution < -0.4 is 10.0 Å². The number of hydrogen-bond donors (Lipinski definition) is 2. The Bertz CT molecular complexity index is 1820. The molecule has 1 spiro atoms. The number of amidine groups is 1. The fourth-order valence-electron chi connectivity index (χ4n) is 6.38. The van der Waals surface area contributed by atoms with Gasteiger partial charge in [-0.2, -0.15) is 0 Å². The summed E-state index contributed by atoms with van der Waals surface area (Å²) in [5.41, 5.74) is 2.26. The molecule has 1 saturated carbocycles. The van der Waals surface area contributed by atoms with Crippen LogP contribution in [0.25, 0.3) is 11.1 Å². The fraction of sp³-hybridized carbons (Fsp3) is 0.500. The number of carbonyl (C=O) groups excluding carboxylic acids is 2. The summed E-state index contributed by atoms with van der Waals surface area (Å²) in [5.74, 6) is 1.57. The molecular formula is C36H48N6O5S. The molecule has 2 N–H and O–H groups in total. The van der Waals surface area contributed by atoms with Gasteiger partial charge in [-0.05, 0) is 76.6 Å². The Kier molecular flexibility index (Phi) is 10.1. The Labute approximate surface area is 284 Å². The number of aryl methyl sites for hydroxylation is 1. The summed E-state index contributed by atoms with van der Waals surface area (Å²) >= 11 is 0. The summed E-state index contributed by atoms with van der Waals surface area (Å²) in [6, 6.07) is 12.3. The normalized spacial score (nSPS) is 16.0. The van der Waals surface area contributed by atoms with Crippen LogP contribution in [-0.2, 0) is 27.9 Å². The molecule has 0 unspecified atom stereocenters. The van der Waals surface area contributed by atoms with Crippen molar-refractivity contribution in [1.29, 1.82) is 0 Å². The highest BCUT2D eigenvalue weighted by Gasteiger charge is 2.49. The van der Waals surface area contributed by atoms with Crippen LogP contribution in [0.15, 0.2) is 56.9 Å². The van der Waals surface area contributed by atoms with Gasteiger partial charge in [0.25, 0.3) is 15.9 Å². The lowest BCUT2D eigenvalue weighted by Gasteiger charge is -2.27. The van der Waals surface area contributed by atoms with E-state index in [2.05, 4.69) is 22.1 Å². The number of nitrogens with one attached hydrogen (secondary N) is 2. The number of carbonyl (C=O) groups is 2. The molecule has 1 fully saturated rings. The van der Waals surface area contributed by atoms with Crippen LogP contribution in [-0.4, -0.2) is 59.3 Å². The summed E-state index contributed by atoms with van der Waals surface area (Å²) in [7, 11) is -2.38. The van der Waals surface area contributed by atoms with Crippen LogP contribution in [0.5, 0.6) is 0 Å². The molecule has 2 heterocycles. The highest BCUT2D eigenvalue weighted by atomic mass is 32.2. The number of urea groups is 1. The van der Waals surface area contributed by atoms with Crippen molar-refractivity contribution in [2.45, 2.75) is 116 Å². The van der Waals surface area contributed by atoms with Gasteiger partial charge in [0.05, 0.1) is 11.4 Å². The smallest absolute Gasteiger partial charge is 0.317 e. The van der Waals surface area contributed by atoms with E-state index < -0.39 is 21.1 Å². The second kappa shape index (κ2) is 13.7. The summed E-state index contributed by atoms with van der Waals surface area (Å²) in [5, 5.41) is 6.89. The Morgan fingerprint density at radius 3 is 2.44 bits per heavy atom. The minimum absolute atomic E-state index is 0.0627. The largest absolute Gasteiger partial charge is 0.359 e. The Morgan fingerprint density at radius 2 is 1.79 bits per heavy atom. The maximum atomic E-state index is 13.9. The first-order chi connectivity index (χ1) is 22.6. The van der Waals surface area contributed by atoms with Crippen molar-refractivity contribution in [3.05, 3.63) is 64.9 Å². The van der Waals surface area contributed by atoms with E-state index in [0.717, 1.165) is 61.9 Å². The zero-order chi connectivity index (χ0) is 34.9. The molecule has 0 saturated heterocycles. The number of amides is 3. The van der Waals surface area contributed by atoms with Crippen molar-refractivity contribution in [1.82, 2.24) is 20.3 Å². The maximum absolute atomic E-state index is 13.9. The first kappa shape index (κ1) is 35.1. The topological polar surface area (TPSA) is 137 Å². The number of aromatic nitrogens is 1. The van der Waals surface area contributed by atoms with E-state index >= 15 is 0 Å². The van der Waals surface area contributed by atoms with Crippen LogP contribution in [0.1, 0.15) is 95.1 Å². The van der Waals surface area contributed by atoms with Crippen LogP contribution in [0.3, 0.4) is 0 Å². The van der Waals surface area contributed by atoms with Crippen LogP contribution in [0, 0.1) is 13.8 Å². The van der Waals surface area contributed by atoms with Crippen molar-refractivity contribution >= 4 is 33.6 Å². The molecular weight excluding hydrogens is 628 g/mol. The summed E-state index contributed by atoms with van der Waals surface area (Å²) < 4.78 is 35.4. The monoisotopic (exact) mass is 676 g/mol. The number of sulfonamides is 1. The van der Waals surface area contributed by atoms with E-state index in [1.54, 1.807) is 50.1 Å². The standard InChI is InChI=1S/C36H48N6O5S/c1-8-9-16-31-37-36(19-12-13-20-36)33(43)42(31)22-26-17-18-28(27(21-26)23-41(7)34(44)38-35(4,5)6)29-14-10-11-15-30(29)48(45,46)40-32-24(2)25(3)47-39-32/h10-11,14-15,17-18,21H,8-9,12-13,16,19-20,22-23H2,1-7H3,(H,38,44)(H,39,40). The van der Waals surface area contributed by atoms with Gasteiger partial charge < -0.3 is 14.7 Å². The number of benzene rings is 2. The number of nitrogens with zero attached hydrogens (tertiary/aromatic N) is 4. The zero-order valence-electron chi connectivity index (χ0n) is 29.1. The van der Waals surface area contributed by atoms with E-state index in [-0.39, 0.29) is 29.2 Å². The molecule has 48 heavy (non-hydrogen) atoms. The molecule has 1 aliphatic heterocycles. The van der Waals surface area contributed by atoms with Crippen molar-refractivity contribution in [2.75, 3.05) is 11.8 Å². The summed E-state index contributed by atoms with van der Waals surface area (Å²) in [4.78, 5) is 35.6. The highest BCUT2D eigenvalue weighted by molar-refractivity contribution is 7.92. The third-order valence-corrected chi connectivity index (χ3v) is 10.5. The average Bonchev–Trinajstić information content (AvgIpc) is 3.70. The SMILES string of the molecule is CCCCC1=NC2(CCCC2)C(=O)N1Cc1ccc(-c2ccccc2S(=O)(=O)Nc2noc(C)c2C)c(CN(C)C(=O)NC(C)(C)C)c1. The molecule has 258 valence electrons. The van der Waals surface area contributed by atoms with Crippen molar-refractivity contribution in [3.8, 4) is 11.1 Å². The van der Waals surface area contributed by atoms with E-state index in [9.17, 15) is 18.0 Å². The Morgan fingerprint density at radius 1 is 1.08 bits per heavy atom. The number of unbranched alkanes of at least 4 members (excludes halogenated alkanes) is 1. The summed E-state index contributed by atoms with van der Waals surface area (Å²) in [6.07, 6.45) is 6.25. The van der Waals surface area contributed by atoms with Gasteiger partial charge in [0.1, 0.15) is 17.1 Å². The second-order valence-electron chi connectivity index (χ2n) is 14.1. The number of aliphatic imine (C=N–C) groups is 1. The zero-order valence-corrected chi connectivity index (χ0v) is 30.0. The lowest BCUT2D eigenvalue weighted by Crippen LogP contribution is -2.46.